The summed E-state index contributed by atoms with van der Waals surface area (Å²) in [6.07, 6.45) is 0. The molecule has 0 fully saturated rings. The highest BCUT2D eigenvalue weighted by molar-refractivity contribution is 7.15. The van der Waals surface area contributed by atoms with Crippen molar-refractivity contribution in [3.05, 3.63) is 75.4 Å². The third-order valence-electron chi connectivity index (χ3n) is 3.32. The lowest BCUT2D eigenvalue weighted by molar-refractivity contribution is -0.384. The van der Waals surface area contributed by atoms with E-state index in [0.29, 0.717) is 11.4 Å². The van der Waals surface area contributed by atoms with Crippen LogP contribution in [0, 0.1) is 17.0 Å². The van der Waals surface area contributed by atoms with Gasteiger partial charge in [-0.25, -0.2) is 4.98 Å². The number of nitrogens with zero attached hydrogens (tertiary/aromatic N) is 2. The number of hydrogen-bond donors (Lipinski definition) is 1. The van der Waals surface area contributed by atoms with Crippen molar-refractivity contribution in [2.45, 2.75) is 6.92 Å². The Bertz CT molecular complexity index is 889. The largest absolute Gasteiger partial charge is 0.321 e. The van der Waals surface area contributed by atoms with Gasteiger partial charge in [0.25, 0.3) is 11.6 Å². The quantitative estimate of drug-likeness (QED) is 0.568. The third-order valence-corrected chi connectivity index (χ3v) is 4.34. The number of thiazole rings is 1. The van der Waals surface area contributed by atoms with Gasteiger partial charge < -0.3 is 5.32 Å². The molecule has 24 heavy (non-hydrogen) atoms. The van der Waals surface area contributed by atoms with E-state index in [1.807, 2.05) is 37.3 Å². The normalized spacial score (nSPS) is 10.4. The van der Waals surface area contributed by atoms with Gasteiger partial charge in [-0.05, 0) is 24.6 Å². The standard InChI is InChI=1S/C17H13N3O3S/c1-11-18-15(16(24-11)12-5-3-2-4-6-12)17(21)19-13-7-9-14(10-8-13)20(22)23/h2-10H,1H3,(H,19,21). The first kappa shape index (κ1) is 15.8. The third kappa shape index (κ3) is 3.31. The fraction of sp³-hybridized carbons (Fsp3) is 0.0588. The van der Waals surface area contributed by atoms with Gasteiger partial charge in [0.15, 0.2) is 0 Å². The SMILES string of the molecule is Cc1nc(C(=O)Nc2ccc([N+](=O)[O-])cc2)c(-c2ccccc2)s1. The number of nitro groups is 1. The maximum absolute atomic E-state index is 12.5. The molecule has 0 aliphatic carbocycles. The van der Waals surface area contributed by atoms with Crippen LogP contribution in [0.3, 0.4) is 0 Å². The number of aryl methyl sites for hydroxylation is 1. The highest BCUT2D eigenvalue weighted by Crippen LogP contribution is 2.30. The minimum Gasteiger partial charge on any atom is -0.321 e. The molecule has 0 unspecified atom stereocenters. The van der Waals surface area contributed by atoms with Gasteiger partial charge >= 0.3 is 0 Å². The Kier molecular flexibility index (Phi) is 4.35. The van der Waals surface area contributed by atoms with Gasteiger partial charge in [-0.2, -0.15) is 0 Å². The molecule has 0 radical (unpaired) electrons. The molecule has 0 saturated heterocycles. The molecule has 0 bridgehead atoms. The molecule has 120 valence electrons. The first-order chi connectivity index (χ1) is 11.5. The molecule has 1 heterocycles. The van der Waals surface area contributed by atoms with Crippen LogP contribution in [-0.4, -0.2) is 15.8 Å². The molecule has 0 atom stereocenters. The van der Waals surface area contributed by atoms with Gasteiger partial charge in [0, 0.05) is 17.8 Å². The van der Waals surface area contributed by atoms with Crippen molar-refractivity contribution in [3.8, 4) is 10.4 Å². The average Bonchev–Trinajstić information content (AvgIpc) is 2.98. The maximum Gasteiger partial charge on any atom is 0.275 e. The molecule has 0 aliphatic heterocycles. The van der Waals surface area contributed by atoms with Crippen molar-refractivity contribution in [2.75, 3.05) is 5.32 Å². The van der Waals surface area contributed by atoms with E-state index in [2.05, 4.69) is 10.3 Å². The van der Waals surface area contributed by atoms with E-state index in [0.717, 1.165) is 15.4 Å². The van der Waals surface area contributed by atoms with E-state index < -0.39 is 4.92 Å². The second-order valence-electron chi connectivity index (χ2n) is 5.03. The van der Waals surface area contributed by atoms with Gasteiger partial charge in [-0.3, -0.25) is 14.9 Å². The number of rotatable bonds is 4. The topological polar surface area (TPSA) is 85.1 Å². The van der Waals surface area contributed by atoms with Crippen molar-refractivity contribution in [3.63, 3.8) is 0 Å². The average molecular weight is 339 g/mol. The van der Waals surface area contributed by atoms with Crippen LogP contribution in [0.2, 0.25) is 0 Å². The van der Waals surface area contributed by atoms with E-state index in [9.17, 15) is 14.9 Å². The van der Waals surface area contributed by atoms with Crippen molar-refractivity contribution >= 4 is 28.6 Å². The van der Waals surface area contributed by atoms with Crippen LogP contribution in [0.25, 0.3) is 10.4 Å². The Morgan fingerprint density at radius 3 is 2.42 bits per heavy atom. The molecule has 0 aliphatic rings. The maximum atomic E-state index is 12.5. The van der Waals surface area contributed by atoms with Gasteiger partial charge in [0.2, 0.25) is 0 Å². The summed E-state index contributed by atoms with van der Waals surface area (Å²) in [5.41, 5.74) is 1.73. The zero-order valence-electron chi connectivity index (χ0n) is 12.7. The van der Waals surface area contributed by atoms with Crippen LogP contribution in [0.1, 0.15) is 15.5 Å². The lowest BCUT2D eigenvalue weighted by Crippen LogP contribution is -2.13. The van der Waals surface area contributed by atoms with Crippen LogP contribution in [-0.2, 0) is 0 Å². The fourth-order valence-corrected chi connectivity index (χ4v) is 3.14. The van der Waals surface area contributed by atoms with Crippen molar-refractivity contribution in [2.24, 2.45) is 0 Å². The van der Waals surface area contributed by atoms with Crippen molar-refractivity contribution < 1.29 is 9.72 Å². The van der Waals surface area contributed by atoms with Gasteiger partial charge in [0.1, 0.15) is 5.69 Å². The summed E-state index contributed by atoms with van der Waals surface area (Å²) in [6.45, 7) is 1.85. The molecule has 7 heteroatoms. The van der Waals surface area contributed by atoms with E-state index in [-0.39, 0.29) is 11.6 Å². The highest BCUT2D eigenvalue weighted by atomic mass is 32.1. The lowest BCUT2D eigenvalue weighted by atomic mass is 10.1. The number of carbonyl (C=O) groups excluding carboxylic acids is 1. The predicted molar refractivity (Wildman–Crippen MR) is 93.3 cm³/mol. The summed E-state index contributed by atoms with van der Waals surface area (Å²) in [5.74, 6) is -0.341. The molecule has 1 N–H and O–H groups in total. The van der Waals surface area contributed by atoms with Crippen molar-refractivity contribution in [1.82, 2.24) is 4.98 Å². The zero-order chi connectivity index (χ0) is 17.1. The van der Waals surface area contributed by atoms with Crippen LogP contribution >= 0.6 is 11.3 Å². The molecular formula is C17H13N3O3S. The van der Waals surface area contributed by atoms with E-state index >= 15 is 0 Å². The van der Waals surface area contributed by atoms with Crippen LogP contribution < -0.4 is 5.32 Å². The van der Waals surface area contributed by atoms with E-state index in [1.54, 1.807) is 0 Å². The molecule has 6 nitrogen and oxygen atoms in total. The van der Waals surface area contributed by atoms with Crippen molar-refractivity contribution in [1.29, 1.82) is 0 Å². The minimum absolute atomic E-state index is 0.0255. The van der Waals surface area contributed by atoms with E-state index in [1.165, 1.54) is 35.6 Å². The fourth-order valence-electron chi connectivity index (χ4n) is 2.22. The number of nitrogens with one attached hydrogen (secondary N) is 1. The second kappa shape index (κ2) is 6.59. The monoisotopic (exact) mass is 339 g/mol. The highest BCUT2D eigenvalue weighted by Gasteiger charge is 2.18. The van der Waals surface area contributed by atoms with Gasteiger partial charge in [-0.15, -0.1) is 11.3 Å². The number of anilines is 1. The lowest BCUT2D eigenvalue weighted by Gasteiger charge is -2.05. The van der Waals surface area contributed by atoms with Crippen LogP contribution in [0.5, 0.6) is 0 Å². The molecule has 1 amide bonds. The predicted octanol–water partition coefficient (Wildman–Crippen LogP) is 4.28. The molecular weight excluding hydrogens is 326 g/mol. The Labute approximate surface area is 141 Å². The molecule has 0 spiro atoms. The number of carbonyl (C=O) groups is 1. The summed E-state index contributed by atoms with van der Waals surface area (Å²) >= 11 is 1.45. The summed E-state index contributed by atoms with van der Waals surface area (Å²) in [6, 6.07) is 15.3. The first-order valence-electron chi connectivity index (χ1n) is 7.13. The van der Waals surface area contributed by atoms with Gasteiger partial charge in [-0.1, -0.05) is 30.3 Å². The number of non-ortho nitro benzene ring substituents is 1. The number of hydrogen-bond acceptors (Lipinski definition) is 5. The number of nitro benzene ring substituents is 1. The molecule has 3 rings (SSSR count). The summed E-state index contributed by atoms with van der Waals surface area (Å²) < 4.78 is 0. The van der Waals surface area contributed by atoms with Crippen LogP contribution in [0.15, 0.2) is 54.6 Å². The van der Waals surface area contributed by atoms with Crippen LogP contribution in [0.4, 0.5) is 11.4 Å². The number of amides is 1. The molecule has 1 aromatic heterocycles. The Balaban J connectivity index is 1.87. The molecule has 3 aromatic rings. The first-order valence-corrected chi connectivity index (χ1v) is 7.95. The number of aromatic nitrogens is 1. The Morgan fingerprint density at radius 1 is 1.12 bits per heavy atom. The van der Waals surface area contributed by atoms with E-state index in [4.69, 9.17) is 0 Å². The molecule has 0 saturated carbocycles. The van der Waals surface area contributed by atoms with Gasteiger partial charge in [0.05, 0.1) is 14.8 Å². The summed E-state index contributed by atoms with van der Waals surface area (Å²) in [7, 11) is 0. The smallest absolute Gasteiger partial charge is 0.275 e. The number of benzene rings is 2. The second-order valence-corrected chi connectivity index (χ2v) is 6.24. The summed E-state index contributed by atoms with van der Waals surface area (Å²) in [4.78, 5) is 27.9. The summed E-state index contributed by atoms with van der Waals surface area (Å²) in [5, 5.41) is 14.2. The Morgan fingerprint density at radius 2 is 1.79 bits per heavy atom. The Hall–Kier alpha value is -3.06. The molecule has 2 aromatic carbocycles. The minimum atomic E-state index is -0.483. The zero-order valence-corrected chi connectivity index (χ0v) is 13.5.